The summed E-state index contributed by atoms with van der Waals surface area (Å²) in [6, 6.07) is 5.49. The molecule has 224 valence electrons. The van der Waals surface area contributed by atoms with E-state index in [0.29, 0.717) is 17.8 Å². The topological polar surface area (TPSA) is 249 Å². The Hall–Kier alpha value is -5.32. The van der Waals surface area contributed by atoms with Crippen LogP contribution in [0, 0.1) is 0 Å². The van der Waals surface area contributed by atoms with Crippen LogP contribution in [0.4, 0.5) is 22.2 Å². The van der Waals surface area contributed by atoms with Gasteiger partial charge in [-0.25, -0.2) is 14.8 Å². The molecule has 0 aliphatic heterocycles. The van der Waals surface area contributed by atoms with Crippen LogP contribution in [0.2, 0.25) is 0 Å². The lowest BCUT2D eigenvalue weighted by Gasteiger charge is -2.26. The summed E-state index contributed by atoms with van der Waals surface area (Å²) in [5.41, 5.74) is 13.7. The van der Waals surface area contributed by atoms with E-state index in [2.05, 4.69) is 30.1 Å². The van der Waals surface area contributed by atoms with Crippen molar-refractivity contribution in [1.29, 1.82) is 0 Å². The fourth-order valence-corrected chi connectivity index (χ4v) is 3.88. The quantitative estimate of drug-likeness (QED) is 0.170. The lowest BCUT2D eigenvalue weighted by molar-refractivity contribution is -0.137. The van der Waals surface area contributed by atoms with E-state index in [1.54, 1.807) is 30.5 Å². The van der Waals surface area contributed by atoms with E-state index in [9.17, 15) is 19.2 Å². The normalized spacial score (nSPS) is 11.4. The van der Waals surface area contributed by atoms with E-state index in [1.165, 1.54) is 23.9 Å². The van der Waals surface area contributed by atoms with Gasteiger partial charge in [0.2, 0.25) is 11.9 Å². The van der Waals surface area contributed by atoms with Crippen LogP contribution in [-0.4, -0.2) is 99.0 Å². The van der Waals surface area contributed by atoms with E-state index in [4.69, 9.17) is 22.5 Å². The van der Waals surface area contributed by atoms with Crippen molar-refractivity contribution in [2.45, 2.75) is 25.4 Å². The standard InChI is InChI=1S/C25H33N11O6/c1-34(10-11-35(2)25(41)42-28)23(40)17(8-9-18(37)38)31-22(39)14-4-6-16(7-5-14)36(3)13-15-12-29-21-19(30-15)20(26)32-24(27)33-21/h4-7,12,17H,8-11,13,28H2,1-3H3,(H,31,39)(H,37,38)(H4,26,27,29,32,33)/t17-/m0/s1. The number of nitrogens with two attached hydrogens (primary N) is 3. The summed E-state index contributed by atoms with van der Waals surface area (Å²) in [6.45, 7) is 0.558. The largest absolute Gasteiger partial charge is 0.481 e. The fourth-order valence-electron chi connectivity index (χ4n) is 3.88. The maximum atomic E-state index is 13.0. The minimum absolute atomic E-state index is 0.00674. The molecule has 17 heteroatoms. The number of carboxylic acid groups (broad SMARTS) is 1. The number of hydrogen-bond donors (Lipinski definition) is 5. The molecule has 42 heavy (non-hydrogen) atoms. The minimum Gasteiger partial charge on any atom is -0.481 e. The van der Waals surface area contributed by atoms with Gasteiger partial charge in [0.05, 0.1) is 18.4 Å². The Morgan fingerprint density at radius 2 is 1.67 bits per heavy atom. The van der Waals surface area contributed by atoms with Gasteiger partial charge in [0.1, 0.15) is 6.04 Å². The highest BCUT2D eigenvalue weighted by molar-refractivity contribution is 5.98. The van der Waals surface area contributed by atoms with Crippen LogP contribution in [0.5, 0.6) is 0 Å². The van der Waals surface area contributed by atoms with Crippen LogP contribution in [0.25, 0.3) is 11.2 Å². The van der Waals surface area contributed by atoms with Crippen LogP contribution in [0.15, 0.2) is 30.5 Å². The molecule has 0 radical (unpaired) electrons. The summed E-state index contributed by atoms with van der Waals surface area (Å²) in [5.74, 6) is 2.81. The molecular weight excluding hydrogens is 550 g/mol. The van der Waals surface area contributed by atoms with Gasteiger partial charge in [0.15, 0.2) is 17.0 Å². The van der Waals surface area contributed by atoms with Crippen LogP contribution < -0.4 is 27.6 Å². The van der Waals surface area contributed by atoms with Gasteiger partial charge in [-0.05, 0) is 30.7 Å². The van der Waals surface area contributed by atoms with Gasteiger partial charge in [-0.15, -0.1) is 0 Å². The second-order valence-corrected chi connectivity index (χ2v) is 9.43. The van der Waals surface area contributed by atoms with Crippen LogP contribution in [-0.2, 0) is 21.0 Å². The van der Waals surface area contributed by atoms with E-state index < -0.39 is 29.9 Å². The van der Waals surface area contributed by atoms with Crippen LogP contribution in [0.3, 0.4) is 0 Å². The lowest BCUT2D eigenvalue weighted by Crippen LogP contribution is -2.49. The van der Waals surface area contributed by atoms with Crippen molar-refractivity contribution in [2.24, 2.45) is 5.90 Å². The number of anilines is 3. The van der Waals surface area contributed by atoms with Crippen LogP contribution >= 0.6 is 0 Å². The molecule has 2 aromatic heterocycles. The number of hydrogen-bond acceptors (Lipinski definition) is 13. The Kier molecular flexibility index (Phi) is 10.3. The molecule has 0 bridgehead atoms. The lowest BCUT2D eigenvalue weighted by atomic mass is 10.1. The first kappa shape index (κ1) is 31.2. The van der Waals surface area contributed by atoms with E-state index in [0.717, 1.165) is 5.69 Å². The Morgan fingerprint density at radius 3 is 2.31 bits per heavy atom. The smallest absolute Gasteiger partial charge is 0.428 e. The highest BCUT2D eigenvalue weighted by Crippen LogP contribution is 2.19. The van der Waals surface area contributed by atoms with Crippen molar-refractivity contribution in [3.8, 4) is 0 Å². The minimum atomic E-state index is -1.11. The number of benzene rings is 1. The molecule has 0 unspecified atom stereocenters. The summed E-state index contributed by atoms with van der Waals surface area (Å²) in [6.07, 6.45) is 0.312. The molecular formula is C25H33N11O6. The zero-order chi connectivity index (χ0) is 31.0. The van der Waals surface area contributed by atoms with E-state index in [1.807, 2.05) is 11.9 Å². The van der Waals surface area contributed by atoms with Crippen molar-refractivity contribution >= 4 is 52.5 Å². The van der Waals surface area contributed by atoms with Gasteiger partial charge >= 0.3 is 12.1 Å². The van der Waals surface area contributed by atoms with E-state index >= 15 is 0 Å². The van der Waals surface area contributed by atoms with Crippen molar-refractivity contribution < 1.29 is 29.1 Å². The van der Waals surface area contributed by atoms with Crippen molar-refractivity contribution in [3.05, 3.63) is 41.7 Å². The number of nitrogens with zero attached hydrogens (tertiary/aromatic N) is 7. The zero-order valence-electron chi connectivity index (χ0n) is 23.4. The molecule has 0 spiro atoms. The average molecular weight is 584 g/mol. The second kappa shape index (κ2) is 13.8. The Bertz CT molecular complexity index is 1450. The molecule has 1 aromatic carbocycles. The summed E-state index contributed by atoms with van der Waals surface area (Å²) >= 11 is 0. The van der Waals surface area contributed by atoms with E-state index in [-0.39, 0.29) is 48.9 Å². The molecule has 0 saturated carbocycles. The first-order valence-electron chi connectivity index (χ1n) is 12.6. The molecule has 3 aromatic rings. The van der Waals surface area contributed by atoms with Crippen molar-refractivity contribution in [2.75, 3.05) is 50.6 Å². The third-order valence-electron chi connectivity index (χ3n) is 6.28. The van der Waals surface area contributed by atoms with Gasteiger partial charge in [-0.2, -0.15) is 15.9 Å². The van der Waals surface area contributed by atoms with Crippen molar-refractivity contribution in [3.63, 3.8) is 0 Å². The molecule has 2 heterocycles. The maximum absolute atomic E-state index is 13.0. The van der Waals surface area contributed by atoms with Gasteiger partial charge in [0.25, 0.3) is 5.91 Å². The summed E-state index contributed by atoms with van der Waals surface area (Å²) in [4.78, 5) is 73.8. The molecule has 1 atom stereocenters. The summed E-state index contributed by atoms with van der Waals surface area (Å²) in [5, 5.41) is 11.7. The number of carboxylic acids is 1. The number of aromatic nitrogens is 4. The number of nitrogen functional groups attached to an aromatic ring is 2. The maximum Gasteiger partial charge on any atom is 0.428 e. The number of amides is 3. The molecule has 3 amide bonds. The number of nitrogens with one attached hydrogen (secondary N) is 1. The van der Waals surface area contributed by atoms with Gasteiger partial charge < -0.3 is 41.4 Å². The molecule has 8 N–H and O–H groups in total. The first-order valence-corrected chi connectivity index (χ1v) is 12.6. The predicted molar refractivity (Wildman–Crippen MR) is 152 cm³/mol. The summed E-state index contributed by atoms with van der Waals surface area (Å²) < 4.78 is 0. The first-order chi connectivity index (χ1) is 19.9. The predicted octanol–water partition coefficient (Wildman–Crippen LogP) is -0.416. The average Bonchev–Trinajstić information content (AvgIpc) is 2.97. The van der Waals surface area contributed by atoms with Gasteiger partial charge in [-0.1, -0.05) is 0 Å². The number of carbonyl (C=O) groups excluding carboxylic acids is 3. The molecule has 0 aliphatic rings. The third kappa shape index (κ3) is 8.10. The summed E-state index contributed by atoms with van der Waals surface area (Å²) in [7, 11) is 4.74. The molecule has 3 rings (SSSR count). The monoisotopic (exact) mass is 583 g/mol. The third-order valence-corrected chi connectivity index (χ3v) is 6.28. The molecule has 0 aliphatic carbocycles. The molecule has 0 saturated heterocycles. The second-order valence-electron chi connectivity index (χ2n) is 9.43. The zero-order valence-corrected chi connectivity index (χ0v) is 23.4. The fraction of sp³-hybridized carbons (Fsp3) is 0.360. The van der Waals surface area contributed by atoms with Crippen LogP contribution in [0.1, 0.15) is 28.9 Å². The van der Waals surface area contributed by atoms with Gasteiger partial charge in [0, 0.05) is 51.9 Å². The molecule has 17 nitrogen and oxygen atoms in total. The molecule has 0 fully saturated rings. The number of aliphatic carboxylic acids is 1. The van der Waals surface area contributed by atoms with Crippen molar-refractivity contribution in [1.82, 2.24) is 35.1 Å². The Balaban J connectivity index is 1.66. The number of carbonyl (C=O) groups is 4. The van der Waals surface area contributed by atoms with Gasteiger partial charge in [-0.3, -0.25) is 14.4 Å². The number of likely N-dealkylation sites (N-methyl/N-ethyl adjacent to an activating group) is 2. The number of rotatable bonds is 12. The highest BCUT2D eigenvalue weighted by atomic mass is 16.7. The Morgan fingerprint density at radius 1 is 1.00 bits per heavy atom. The highest BCUT2D eigenvalue weighted by Gasteiger charge is 2.26. The Labute approximate surface area is 240 Å². The SMILES string of the molecule is CN(CCN(C)C(=O)[C@H](CCC(=O)O)NC(=O)c1ccc(N(C)Cc2cnc3nc(N)nc(N)c3n2)cc1)C(=O)ON. The number of fused-ring (bicyclic) bond motifs is 1.